The molecule has 0 unspecified atom stereocenters. The summed E-state index contributed by atoms with van der Waals surface area (Å²) < 4.78 is 5.33. The van der Waals surface area contributed by atoms with E-state index in [9.17, 15) is 0 Å². The first-order valence-electron chi connectivity index (χ1n) is 5.12. The van der Waals surface area contributed by atoms with Crippen molar-refractivity contribution >= 4 is 0 Å². The predicted molar refractivity (Wildman–Crippen MR) is 57.5 cm³/mol. The van der Waals surface area contributed by atoms with Crippen molar-refractivity contribution in [3.63, 3.8) is 0 Å². The molecule has 14 heavy (non-hydrogen) atoms. The number of benzene rings is 1. The summed E-state index contributed by atoms with van der Waals surface area (Å²) in [5.74, 6) is 2.26. The van der Waals surface area contributed by atoms with Gasteiger partial charge in [-0.3, -0.25) is 0 Å². The Morgan fingerprint density at radius 2 is 2.14 bits per heavy atom. The Balaban J connectivity index is 2.18. The Hall–Kier alpha value is -1.02. The summed E-state index contributed by atoms with van der Waals surface area (Å²) in [4.78, 5) is 0. The summed E-state index contributed by atoms with van der Waals surface area (Å²) in [6.45, 7) is 2.08. The van der Waals surface area contributed by atoms with Crippen LogP contribution in [0.4, 0.5) is 0 Å². The first-order chi connectivity index (χ1) is 6.74. The summed E-state index contributed by atoms with van der Waals surface area (Å²) in [6, 6.07) is 8.53. The second kappa shape index (κ2) is 3.62. The van der Waals surface area contributed by atoms with Crippen molar-refractivity contribution in [3.05, 3.63) is 29.8 Å². The molecule has 0 aliphatic heterocycles. The van der Waals surface area contributed by atoms with Gasteiger partial charge in [-0.1, -0.05) is 18.2 Å². The van der Waals surface area contributed by atoms with Crippen LogP contribution in [-0.4, -0.2) is 13.2 Å². The molecular weight excluding hydrogens is 174 g/mol. The number of hydrogen-bond acceptors (Lipinski definition) is 2. The molecule has 1 saturated carbocycles. The van der Waals surface area contributed by atoms with E-state index in [1.165, 1.54) is 12.0 Å². The lowest BCUT2D eigenvalue weighted by atomic mass is 10.1. The minimum Gasteiger partial charge on any atom is -0.496 e. The third-order valence-corrected chi connectivity index (χ3v) is 3.05. The monoisotopic (exact) mass is 191 g/mol. The fraction of sp³-hybridized carbons (Fsp3) is 0.500. The first kappa shape index (κ1) is 9.53. The first-order valence-corrected chi connectivity index (χ1v) is 5.12. The van der Waals surface area contributed by atoms with Gasteiger partial charge in [0.05, 0.1) is 7.11 Å². The Kier molecular flexibility index (Phi) is 2.46. The fourth-order valence-electron chi connectivity index (χ4n) is 2.13. The van der Waals surface area contributed by atoms with E-state index >= 15 is 0 Å². The van der Waals surface area contributed by atoms with Crippen molar-refractivity contribution in [1.29, 1.82) is 0 Å². The number of para-hydroxylation sites is 1. The van der Waals surface area contributed by atoms with Crippen LogP contribution in [0.25, 0.3) is 0 Å². The van der Waals surface area contributed by atoms with Gasteiger partial charge >= 0.3 is 0 Å². The summed E-state index contributed by atoms with van der Waals surface area (Å²) in [5.41, 5.74) is 7.19. The molecular formula is C12H17NO. The van der Waals surface area contributed by atoms with Crippen molar-refractivity contribution < 1.29 is 4.74 Å². The second-order valence-electron chi connectivity index (χ2n) is 4.11. The van der Waals surface area contributed by atoms with E-state index in [4.69, 9.17) is 10.5 Å². The Bertz CT molecular complexity index is 322. The zero-order valence-electron chi connectivity index (χ0n) is 8.73. The molecule has 0 radical (unpaired) electrons. The molecule has 0 spiro atoms. The van der Waals surface area contributed by atoms with E-state index < -0.39 is 0 Å². The molecule has 0 saturated heterocycles. The number of rotatable bonds is 3. The Morgan fingerprint density at radius 1 is 1.43 bits per heavy atom. The molecule has 2 rings (SSSR count). The average molecular weight is 191 g/mol. The van der Waals surface area contributed by atoms with E-state index in [0.717, 1.165) is 5.75 Å². The van der Waals surface area contributed by atoms with Gasteiger partial charge in [-0.05, 0) is 36.8 Å². The van der Waals surface area contributed by atoms with Crippen LogP contribution in [0.15, 0.2) is 24.3 Å². The van der Waals surface area contributed by atoms with Crippen LogP contribution in [0.1, 0.15) is 24.8 Å². The topological polar surface area (TPSA) is 35.2 Å². The van der Waals surface area contributed by atoms with Crippen molar-refractivity contribution in [2.24, 2.45) is 11.7 Å². The number of ether oxygens (including phenoxy) is 1. The summed E-state index contributed by atoms with van der Waals surface area (Å²) in [7, 11) is 1.72. The van der Waals surface area contributed by atoms with E-state index in [0.29, 0.717) is 17.9 Å². The van der Waals surface area contributed by atoms with Crippen molar-refractivity contribution in [3.8, 4) is 5.75 Å². The Labute approximate surface area is 85.1 Å². The maximum absolute atomic E-state index is 5.88. The van der Waals surface area contributed by atoms with Gasteiger partial charge in [0.15, 0.2) is 0 Å². The summed E-state index contributed by atoms with van der Waals surface area (Å²) in [5, 5.41) is 0. The standard InChI is InChI=1S/C12H17NO/c1-8(13)10-7-11(10)9-5-3-4-6-12(9)14-2/h3-6,8,10-11H,7,13H2,1-2H3/t8-,10+,11+/m0/s1. The van der Waals surface area contributed by atoms with Crippen LogP contribution in [0.5, 0.6) is 5.75 Å². The molecule has 3 atom stereocenters. The highest BCUT2D eigenvalue weighted by molar-refractivity contribution is 5.39. The molecule has 1 aromatic rings. The van der Waals surface area contributed by atoms with Crippen LogP contribution < -0.4 is 10.5 Å². The van der Waals surface area contributed by atoms with Crippen LogP contribution >= 0.6 is 0 Å². The van der Waals surface area contributed by atoms with Gasteiger partial charge in [0.1, 0.15) is 5.75 Å². The van der Waals surface area contributed by atoms with Gasteiger partial charge in [-0.15, -0.1) is 0 Å². The van der Waals surface area contributed by atoms with Crippen molar-refractivity contribution in [1.82, 2.24) is 0 Å². The van der Waals surface area contributed by atoms with Crippen LogP contribution in [-0.2, 0) is 0 Å². The summed E-state index contributed by atoms with van der Waals surface area (Å²) >= 11 is 0. The van der Waals surface area contributed by atoms with Gasteiger partial charge in [0.2, 0.25) is 0 Å². The smallest absolute Gasteiger partial charge is 0.122 e. The van der Waals surface area contributed by atoms with Crippen LogP contribution in [0.2, 0.25) is 0 Å². The average Bonchev–Trinajstić information content (AvgIpc) is 2.97. The van der Waals surface area contributed by atoms with Gasteiger partial charge in [-0.2, -0.15) is 0 Å². The molecule has 2 N–H and O–H groups in total. The zero-order chi connectivity index (χ0) is 10.1. The molecule has 0 amide bonds. The third kappa shape index (κ3) is 1.62. The predicted octanol–water partition coefficient (Wildman–Crippen LogP) is 2.15. The molecule has 1 fully saturated rings. The lowest BCUT2D eigenvalue weighted by Crippen LogP contribution is -2.18. The molecule has 1 aliphatic carbocycles. The normalized spacial score (nSPS) is 27.1. The third-order valence-electron chi connectivity index (χ3n) is 3.05. The maximum atomic E-state index is 5.88. The summed E-state index contributed by atoms with van der Waals surface area (Å²) in [6.07, 6.45) is 1.21. The second-order valence-corrected chi connectivity index (χ2v) is 4.11. The van der Waals surface area contributed by atoms with Crippen molar-refractivity contribution in [2.75, 3.05) is 7.11 Å². The van der Waals surface area contributed by atoms with Gasteiger partial charge < -0.3 is 10.5 Å². The minimum absolute atomic E-state index is 0.296. The Morgan fingerprint density at radius 3 is 2.71 bits per heavy atom. The highest BCUT2D eigenvalue weighted by Gasteiger charge is 2.41. The lowest BCUT2D eigenvalue weighted by Gasteiger charge is -2.08. The fourth-order valence-corrected chi connectivity index (χ4v) is 2.13. The molecule has 76 valence electrons. The van der Waals surface area contributed by atoms with Crippen molar-refractivity contribution in [2.45, 2.75) is 25.3 Å². The molecule has 0 bridgehead atoms. The molecule has 0 aromatic heterocycles. The maximum Gasteiger partial charge on any atom is 0.122 e. The molecule has 2 nitrogen and oxygen atoms in total. The lowest BCUT2D eigenvalue weighted by molar-refractivity contribution is 0.408. The highest BCUT2D eigenvalue weighted by atomic mass is 16.5. The van der Waals surface area contributed by atoms with E-state index in [-0.39, 0.29) is 0 Å². The van der Waals surface area contributed by atoms with E-state index in [1.54, 1.807) is 7.11 Å². The number of hydrogen-bond donors (Lipinski definition) is 1. The highest BCUT2D eigenvalue weighted by Crippen LogP contribution is 2.51. The molecule has 0 heterocycles. The van der Waals surface area contributed by atoms with Crippen LogP contribution in [0.3, 0.4) is 0 Å². The zero-order valence-corrected chi connectivity index (χ0v) is 8.73. The van der Waals surface area contributed by atoms with Gasteiger partial charge in [-0.25, -0.2) is 0 Å². The van der Waals surface area contributed by atoms with E-state index in [1.807, 2.05) is 12.1 Å². The van der Waals surface area contributed by atoms with Gasteiger partial charge in [0.25, 0.3) is 0 Å². The van der Waals surface area contributed by atoms with Crippen LogP contribution in [0, 0.1) is 5.92 Å². The number of methoxy groups -OCH3 is 1. The molecule has 1 aromatic carbocycles. The quantitative estimate of drug-likeness (QED) is 0.794. The largest absolute Gasteiger partial charge is 0.496 e. The number of nitrogens with two attached hydrogens (primary N) is 1. The molecule has 1 aliphatic rings. The molecule has 2 heteroatoms. The van der Waals surface area contributed by atoms with E-state index in [2.05, 4.69) is 19.1 Å². The van der Waals surface area contributed by atoms with Gasteiger partial charge in [0, 0.05) is 6.04 Å². The SMILES string of the molecule is COc1ccccc1[C@H]1C[C@@H]1[C@H](C)N. The minimum atomic E-state index is 0.296.